The number of hydrogen-bond acceptors (Lipinski definition) is 1. The van der Waals surface area contributed by atoms with Crippen LogP contribution in [0.15, 0.2) is 10.9 Å². The van der Waals surface area contributed by atoms with Crippen molar-refractivity contribution in [3.05, 3.63) is 16.3 Å². The third kappa shape index (κ3) is 0.891. The Hall–Kier alpha value is -0.373. The van der Waals surface area contributed by atoms with Gasteiger partial charge >= 0.3 is 0 Å². The molecule has 1 aromatic carbocycles. The Kier molecular flexibility index (Phi) is 0.947. The first-order valence-electron chi connectivity index (χ1n) is 2.78. The zero-order valence-electron chi connectivity index (χ0n) is 5.49. The zero-order chi connectivity index (χ0) is 6.36. The topological polar surface area (TPSA) is 17.1 Å². The van der Waals surface area contributed by atoms with E-state index in [1.54, 1.807) is 6.07 Å². The standard InChI is InChI=1S/C6H10OSi/c1-8(2,3)6-4-5(6)7/h4H,1-3H3. The molecule has 0 N–H and O–H groups in total. The molecule has 0 atom stereocenters. The van der Waals surface area contributed by atoms with Crippen molar-refractivity contribution in [2.24, 2.45) is 0 Å². The maximum Gasteiger partial charge on any atom is 0.178 e. The van der Waals surface area contributed by atoms with Crippen molar-refractivity contribution >= 4 is 13.3 Å². The first kappa shape index (κ1) is 5.76. The van der Waals surface area contributed by atoms with Crippen LogP contribution in [0.4, 0.5) is 0 Å². The Morgan fingerprint density at radius 2 is 1.75 bits per heavy atom. The lowest BCUT2D eigenvalue weighted by Gasteiger charge is -2.06. The van der Waals surface area contributed by atoms with Gasteiger partial charge in [0.25, 0.3) is 0 Å². The van der Waals surface area contributed by atoms with Gasteiger partial charge in [0, 0.05) is 0 Å². The predicted molar refractivity (Wildman–Crippen MR) is 38.1 cm³/mol. The van der Waals surface area contributed by atoms with Crippen LogP contribution in [0.25, 0.3) is 0 Å². The third-order valence-corrected chi connectivity index (χ3v) is 3.27. The highest BCUT2D eigenvalue weighted by atomic mass is 28.3. The molecule has 0 aliphatic heterocycles. The lowest BCUT2D eigenvalue weighted by atomic mass is 11.1. The van der Waals surface area contributed by atoms with Crippen LogP contribution in [0.1, 0.15) is 0 Å². The zero-order valence-corrected chi connectivity index (χ0v) is 6.49. The van der Waals surface area contributed by atoms with Gasteiger partial charge in [0.05, 0.1) is 8.07 Å². The molecule has 1 aromatic rings. The maximum atomic E-state index is 10.5. The van der Waals surface area contributed by atoms with Gasteiger partial charge in [-0.25, -0.2) is 0 Å². The van der Waals surface area contributed by atoms with Gasteiger partial charge in [-0.1, -0.05) is 19.6 Å². The fourth-order valence-electron chi connectivity index (χ4n) is 0.681. The average molecular weight is 126 g/mol. The van der Waals surface area contributed by atoms with Crippen LogP contribution < -0.4 is 10.6 Å². The summed E-state index contributed by atoms with van der Waals surface area (Å²) < 4.78 is 0. The van der Waals surface area contributed by atoms with Gasteiger partial charge in [0.2, 0.25) is 0 Å². The molecule has 0 aromatic heterocycles. The van der Waals surface area contributed by atoms with E-state index in [0.717, 1.165) is 5.19 Å². The molecule has 0 heterocycles. The van der Waals surface area contributed by atoms with Gasteiger partial charge in [-0.2, -0.15) is 0 Å². The van der Waals surface area contributed by atoms with Crippen LogP contribution in [0, 0.1) is 0 Å². The first-order valence-corrected chi connectivity index (χ1v) is 6.28. The summed E-state index contributed by atoms with van der Waals surface area (Å²) in [6, 6.07) is 1.76. The minimum atomic E-state index is -1.17. The van der Waals surface area contributed by atoms with Crippen molar-refractivity contribution in [3.63, 3.8) is 0 Å². The van der Waals surface area contributed by atoms with E-state index in [9.17, 15) is 4.79 Å². The molecule has 0 saturated carbocycles. The smallest absolute Gasteiger partial charge is 0.178 e. The summed E-state index contributed by atoms with van der Waals surface area (Å²) >= 11 is 0. The normalized spacial score (nSPS) is 12.9. The van der Waals surface area contributed by atoms with E-state index < -0.39 is 8.07 Å². The van der Waals surface area contributed by atoms with E-state index in [4.69, 9.17) is 0 Å². The molecule has 0 radical (unpaired) electrons. The molecule has 8 heavy (non-hydrogen) atoms. The van der Waals surface area contributed by atoms with Crippen LogP contribution in [-0.2, 0) is 0 Å². The summed E-state index contributed by atoms with van der Waals surface area (Å²) in [5, 5.41) is 1.12. The highest BCUT2D eigenvalue weighted by Gasteiger charge is 2.24. The molecule has 0 amide bonds. The molecule has 0 bridgehead atoms. The van der Waals surface area contributed by atoms with Crippen molar-refractivity contribution in [2.45, 2.75) is 19.6 Å². The molecular formula is C6H10OSi. The quantitative estimate of drug-likeness (QED) is 0.500. The van der Waals surface area contributed by atoms with Crippen molar-refractivity contribution in [1.82, 2.24) is 0 Å². The molecule has 0 aliphatic rings. The second kappa shape index (κ2) is 1.32. The summed E-state index contributed by atoms with van der Waals surface area (Å²) in [4.78, 5) is 10.5. The molecule has 44 valence electrons. The average Bonchev–Trinajstić information content (AvgIpc) is 2.13. The second-order valence-electron chi connectivity index (χ2n) is 3.17. The predicted octanol–water partition coefficient (Wildman–Crippen LogP) is 0.468. The molecule has 0 unspecified atom stereocenters. The first-order chi connectivity index (χ1) is 3.52. The Morgan fingerprint density at radius 1 is 1.38 bits per heavy atom. The summed E-state index contributed by atoms with van der Waals surface area (Å²) in [5.41, 5.74) is 0.296. The summed E-state index contributed by atoms with van der Waals surface area (Å²) in [7, 11) is -1.17. The Labute approximate surface area is 50.0 Å². The van der Waals surface area contributed by atoms with Crippen molar-refractivity contribution in [1.29, 1.82) is 0 Å². The molecule has 0 spiro atoms. The van der Waals surface area contributed by atoms with Crippen LogP contribution in [0.5, 0.6) is 0 Å². The van der Waals surface area contributed by atoms with Gasteiger partial charge in [-0.3, -0.25) is 4.79 Å². The Bertz CT molecular complexity index is 200. The van der Waals surface area contributed by atoms with E-state index in [1.165, 1.54) is 0 Å². The fourth-order valence-corrected chi connectivity index (χ4v) is 1.98. The SMILES string of the molecule is C[Si](C)(C)c1cc1=O. The fraction of sp³-hybridized carbons (Fsp3) is 0.500. The summed E-state index contributed by atoms with van der Waals surface area (Å²) in [6.07, 6.45) is 0. The summed E-state index contributed by atoms with van der Waals surface area (Å²) in [6.45, 7) is 6.55. The van der Waals surface area contributed by atoms with Crippen LogP contribution in [0.3, 0.4) is 0 Å². The van der Waals surface area contributed by atoms with Crippen molar-refractivity contribution in [3.8, 4) is 0 Å². The van der Waals surface area contributed by atoms with Crippen LogP contribution in [-0.4, -0.2) is 8.07 Å². The Balaban J connectivity index is 2.81. The number of rotatable bonds is 1. The molecular weight excluding hydrogens is 116 g/mol. The lowest BCUT2D eigenvalue weighted by Crippen LogP contribution is -2.35. The van der Waals surface area contributed by atoms with E-state index in [0.29, 0.717) is 5.43 Å². The van der Waals surface area contributed by atoms with Gasteiger partial charge < -0.3 is 0 Å². The van der Waals surface area contributed by atoms with Crippen molar-refractivity contribution in [2.75, 3.05) is 0 Å². The van der Waals surface area contributed by atoms with Gasteiger partial charge in [0.1, 0.15) is 0 Å². The molecule has 0 saturated heterocycles. The highest BCUT2D eigenvalue weighted by molar-refractivity contribution is 6.89. The third-order valence-electron chi connectivity index (χ3n) is 1.27. The largest absolute Gasteiger partial charge is 0.290 e. The Morgan fingerprint density at radius 3 is 1.75 bits per heavy atom. The minimum Gasteiger partial charge on any atom is -0.290 e. The van der Waals surface area contributed by atoms with E-state index >= 15 is 0 Å². The van der Waals surface area contributed by atoms with E-state index in [-0.39, 0.29) is 0 Å². The number of hydrogen-bond donors (Lipinski definition) is 0. The van der Waals surface area contributed by atoms with Crippen LogP contribution in [0.2, 0.25) is 19.6 Å². The van der Waals surface area contributed by atoms with Gasteiger partial charge in [0.15, 0.2) is 5.43 Å². The van der Waals surface area contributed by atoms with Gasteiger partial charge in [-0.15, -0.1) is 0 Å². The molecule has 1 rings (SSSR count). The lowest BCUT2D eigenvalue weighted by molar-refractivity contribution is 1.79. The van der Waals surface area contributed by atoms with Crippen molar-refractivity contribution < 1.29 is 0 Å². The highest BCUT2D eigenvalue weighted by Crippen LogP contribution is 1.98. The monoisotopic (exact) mass is 126 g/mol. The maximum absolute atomic E-state index is 10.5. The molecule has 0 aliphatic carbocycles. The molecule has 0 fully saturated rings. The van der Waals surface area contributed by atoms with E-state index in [1.807, 2.05) is 0 Å². The second-order valence-corrected chi connectivity index (χ2v) is 8.21. The summed E-state index contributed by atoms with van der Waals surface area (Å²) in [5.74, 6) is 0. The molecule has 2 heteroatoms. The van der Waals surface area contributed by atoms with E-state index in [2.05, 4.69) is 19.6 Å². The van der Waals surface area contributed by atoms with Gasteiger partial charge in [-0.05, 0) is 11.3 Å². The minimum absolute atomic E-state index is 0.296. The van der Waals surface area contributed by atoms with Crippen LogP contribution >= 0.6 is 0 Å². The molecule has 1 nitrogen and oxygen atoms in total.